The quantitative estimate of drug-likeness (QED) is 0.361. The predicted molar refractivity (Wildman–Crippen MR) is 138 cm³/mol. The molecule has 2 unspecified atom stereocenters. The van der Waals surface area contributed by atoms with Crippen LogP contribution in [0.5, 0.6) is 0 Å². The van der Waals surface area contributed by atoms with Gasteiger partial charge in [-0.3, -0.25) is 0 Å². The van der Waals surface area contributed by atoms with E-state index in [-0.39, 0.29) is 18.3 Å². The smallest absolute Gasteiger partial charge is 0.108 e. The Kier molecular flexibility index (Phi) is 10.9. The second-order valence-corrected chi connectivity index (χ2v) is 10.2. The van der Waals surface area contributed by atoms with E-state index in [0.717, 1.165) is 64.1 Å². The van der Waals surface area contributed by atoms with Crippen molar-refractivity contribution in [3.63, 3.8) is 0 Å². The van der Waals surface area contributed by atoms with Gasteiger partial charge >= 0.3 is 0 Å². The summed E-state index contributed by atoms with van der Waals surface area (Å²) in [6, 6.07) is 21.2. The third kappa shape index (κ3) is 8.55. The molecular formula is C30H45NO2. The second kappa shape index (κ2) is 13.9. The van der Waals surface area contributed by atoms with Crippen LogP contribution in [0, 0.1) is 11.8 Å². The zero-order valence-electron chi connectivity index (χ0n) is 21.0. The zero-order valence-corrected chi connectivity index (χ0v) is 21.0. The van der Waals surface area contributed by atoms with Gasteiger partial charge in [0.25, 0.3) is 0 Å². The normalized spacial score (nSPS) is 17.5. The number of aliphatic hydroxyl groups excluding tert-OH is 1. The molecule has 0 amide bonds. The van der Waals surface area contributed by atoms with Crippen LogP contribution in [0.25, 0.3) is 0 Å². The third-order valence-corrected chi connectivity index (χ3v) is 7.23. The first-order chi connectivity index (χ1) is 16.1. The Hall–Kier alpha value is -1.68. The average molecular weight is 452 g/mol. The van der Waals surface area contributed by atoms with Crippen LogP contribution in [-0.2, 0) is 4.74 Å². The summed E-state index contributed by atoms with van der Waals surface area (Å²) >= 11 is 0. The van der Waals surface area contributed by atoms with Gasteiger partial charge < -0.3 is 14.7 Å². The lowest BCUT2D eigenvalue weighted by Gasteiger charge is -2.34. The molecule has 33 heavy (non-hydrogen) atoms. The molecule has 0 radical (unpaired) electrons. The highest BCUT2D eigenvalue weighted by Crippen LogP contribution is 2.30. The summed E-state index contributed by atoms with van der Waals surface area (Å²) in [5, 5.41) is 10.7. The summed E-state index contributed by atoms with van der Waals surface area (Å²) in [7, 11) is 0. The van der Waals surface area contributed by atoms with E-state index in [1.807, 2.05) is 0 Å². The van der Waals surface area contributed by atoms with Crippen molar-refractivity contribution >= 4 is 0 Å². The van der Waals surface area contributed by atoms with Gasteiger partial charge in [-0.15, -0.1) is 0 Å². The maximum atomic E-state index is 10.7. The number of hydrogen-bond acceptors (Lipinski definition) is 3. The number of nitrogens with zero attached hydrogens (tertiary/aromatic N) is 1. The molecule has 1 saturated heterocycles. The first-order valence-electron chi connectivity index (χ1n) is 13.2. The molecule has 1 fully saturated rings. The Bertz CT molecular complexity index is 716. The fourth-order valence-corrected chi connectivity index (χ4v) is 5.04. The van der Waals surface area contributed by atoms with Crippen molar-refractivity contribution in [3.05, 3.63) is 71.8 Å². The highest BCUT2D eigenvalue weighted by molar-refractivity contribution is 5.30. The second-order valence-electron chi connectivity index (χ2n) is 10.2. The molecule has 0 saturated carbocycles. The van der Waals surface area contributed by atoms with Gasteiger partial charge in [-0.2, -0.15) is 0 Å². The molecule has 0 aromatic heterocycles. The maximum absolute atomic E-state index is 10.7. The Morgan fingerprint density at radius 1 is 0.879 bits per heavy atom. The van der Waals surface area contributed by atoms with Gasteiger partial charge in [-0.25, -0.2) is 0 Å². The van der Waals surface area contributed by atoms with Gasteiger partial charge in [0.2, 0.25) is 0 Å². The van der Waals surface area contributed by atoms with Crippen molar-refractivity contribution in [3.8, 4) is 0 Å². The molecule has 1 heterocycles. The fourth-order valence-electron chi connectivity index (χ4n) is 5.04. The van der Waals surface area contributed by atoms with E-state index in [0.29, 0.717) is 5.92 Å². The number of piperidine rings is 1. The van der Waals surface area contributed by atoms with E-state index in [9.17, 15) is 5.11 Å². The molecular weight excluding hydrogens is 406 g/mol. The monoisotopic (exact) mass is 451 g/mol. The standard InChI is InChI=1S/C30H45NO2/c1-4-25(18-17-24(2)3)29(32)16-11-21-31-22-19-28(20-23-31)33-30(26-12-7-5-8-13-26)27-14-9-6-10-15-27/h5-10,12-15,24-25,28-30,32H,4,11,16-23H2,1-3H3. The summed E-state index contributed by atoms with van der Waals surface area (Å²) in [4.78, 5) is 2.56. The van der Waals surface area contributed by atoms with Crippen LogP contribution in [0.3, 0.4) is 0 Å². The molecule has 3 rings (SSSR count). The third-order valence-electron chi connectivity index (χ3n) is 7.23. The molecule has 2 aromatic carbocycles. The summed E-state index contributed by atoms with van der Waals surface area (Å²) in [6.07, 6.45) is 7.76. The minimum atomic E-state index is -0.146. The zero-order chi connectivity index (χ0) is 23.5. The lowest BCUT2D eigenvalue weighted by molar-refractivity contribution is -0.0276. The van der Waals surface area contributed by atoms with E-state index in [1.54, 1.807) is 0 Å². The van der Waals surface area contributed by atoms with Crippen molar-refractivity contribution in [1.29, 1.82) is 0 Å². The molecule has 1 N–H and O–H groups in total. The van der Waals surface area contributed by atoms with Crippen LogP contribution in [0.2, 0.25) is 0 Å². The van der Waals surface area contributed by atoms with E-state index in [2.05, 4.69) is 86.3 Å². The Labute approximate surface area is 202 Å². The van der Waals surface area contributed by atoms with E-state index in [4.69, 9.17) is 4.74 Å². The van der Waals surface area contributed by atoms with E-state index < -0.39 is 0 Å². The van der Waals surface area contributed by atoms with Crippen molar-refractivity contribution in [1.82, 2.24) is 4.90 Å². The predicted octanol–water partition coefficient (Wildman–Crippen LogP) is 6.86. The largest absolute Gasteiger partial charge is 0.393 e. The van der Waals surface area contributed by atoms with Gasteiger partial charge in [-0.05, 0) is 61.6 Å². The van der Waals surface area contributed by atoms with Crippen molar-refractivity contribution in [2.45, 2.75) is 84.0 Å². The lowest BCUT2D eigenvalue weighted by atomic mass is 9.89. The topological polar surface area (TPSA) is 32.7 Å². The number of hydrogen-bond donors (Lipinski definition) is 1. The number of ether oxygens (including phenoxy) is 1. The summed E-state index contributed by atoms with van der Waals surface area (Å²) in [6.45, 7) is 10.0. The molecule has 2 atom stereocenters. The number of likely N-dealkylation sites (tertiary alicyclic amines) is 1. The van der Waals surface area contributed by atoms with Crippen LogP contribution < -0.4 is 0 Å². The van der Waals surface area contributed by atoms with Gasteiger partial charge in [0.15, 0.2) is 0 Å². The van der Waals surface area contributed by atoms with Crippen LogP contribution in [-0.4, -0.2) is 41.8 Å². The highest BCUT2D eigenvalue weighted by Gasteiger charge is 2.25. The SMILES string of the molecule is CCC(CCC(C)C)C(O)CCCN1CCC(OC(c2ccccc2)c2ccccc2)CC1. The molecule has 0 spiro atoms. The number of aliphatic hydroxyl groups is 1. The van der Waals surface area contributed by atoms with Gasteiger partial charge in [0.05, 0.1) is 12.2 Å². The minimum absolute atomic E-state index is 0.00378. The van der Waals surface area contributed by atoms with Crippen molar-refractivity contribution in [2.24, 2.45) is 11.8 Å². The molecule has 0 aliphatic carbocycles. The molecule has 2 aromatic rings. The summed E-state index contributed by atoms with van der Waals surface area (Å²) < 4.78 is 6.68. The summed E-state index contributed by atoms with van der Waals surface area (Å²) in [5.41, 5.74) is 2.45. The lowest BCUT2D eigenvalue weighted by Crippen LogP contribution is -2.38. The van der Waals surface area contributed by atoms with Crippen LogP contribution in [0.15, 0.2) is 60.7 Å². The maximum Gasteiger partial charge on any atom is 0.108 e. The number of benzene rings is 2. The Balaban J connectivity index is 1.43. The Morgan fingerprint density at radius 3 is 1.97 bits per heavy atom. The number of rotatable bonds is 13. The molecule has 1 aliphatic rings. The Morgan fingerprint density at radius 2 is 1.45 bits per heavy atom. The molecule has 0 bridgehead atoms. The first kappa shape index (κ1) is 25.9. The molecule has 182 valence electrons. The van der Waals surface area contributed by atoms with Gasteiger partial charge in [-0.1, -0.05) is 94.3 Å². The van der Waals surface area contributed by atoms with Crippen molar-refractivity contribution in [2.75, 3.05) is 19.6 Å². The molecule has 3 heteroatoms. The molecule has 3 nitrogen and oxygen atoms in total. The van der Waals surface area contributed by atoms with Crippen LogP contribution in [0.1, 0.15) is 82.9 Å². The average Bonchev–Trinajstić information content (AvgIpc) is 2.85. The summed E-state index contributed by atoms with van der Waals surface area (Å²) in [5.74, 6) is 1.18. The van der Waals surface area contributed by atoms with Crippen LogP contribution in [0.4, 0.5) is 0 Å². The van der Waals surface area contributed by atoms with E-state index >= 15 is 0 Å². The first-order valence-corrected chi connectivity index (χ1v) is 13.2. The minimum Gasteiger partial charge on any atom is -0.393 e. The fraction of sp³-hybridized carbons (Fsp3) is 0.600. The van der Waals surface area contributed by atoms with Gasteiger partial charge in [0.1, 0.15) is 6.10 Å². The highest BCUT2D eigenvalue weighted by atomic mass is 16.5. The van der Waals surface area contributed by atoms with Crippen molar-refractivity contribution < 1.29 is 9.84 Å². The van der Waals surface area contributed by atoms with E-state index in [1.165, 1.54) is 17.5 Å². The molecule has 1 aliphatic heterocycles. The van der Waals surface area contributed by atoms with Crippen LogP contribution >= 0.6 is 0 Å². The van der Waals surface area contributed by atoms with Gasteiger partial charge in [0, 0.05) is 13.1 Å².